The second-order valence-corrected chi connectivity index (χ2v) is 4.94. The summed E-state index contributed by atoms with van der Waals surface area (Å²) in [5, 5.41) is 0. The number of hydrogen-bond donors (Lipinski definition) is 0. The topological polar surface area (TPSA) is 34.1 Å². The summed E-state index contributed by atoms with van der Waals surface area (Å²) in [4.78, 5) is 23.4. The van der Waals surface area contributed by atoms with Crippen molar-refractivity contribution in [2.24, 2.45) is 17.3 Å². The number of rotatable bonds is 1. The molecule has 1 atom stereocenters. The van der Waals surface area contributed by atoms with Gasteiger partial charge in [0.05, 0.1) is 5.92 Å². The molecule has 0 bridgehead atoms. The fraction of sp³-hybridized carbons (Fsp3) is 0.818. The summed E-state index contributed by atoms with van der Waals surface area (Å²) in [5.74, 6) is 0.0846. The molecular formula is C11H18O2. The van der Waals surface area contributed by atoms with Crippen molar-refractivity contribution < 1.29 is 9.59 Å². The lowest BCUT2D eigenvalue weighted by atomic mass is 9.67. The van der Waals surface area contributed by atoms with Crippen LogP contribution >= 0.6 is 0 Å². The van der Waals surface area contributed by atoms with E-state index in [1.165, 1.54) is 0 Å². The average Bonchev–Trinajstić information content (AvgIpc) is 1.98. The van der Waals surface area contributed by atoms with Crippen LogP contribution in [0.5, 0.6) is 0 Å². The van der Waals surface area contributed by atoms with Crippen LogP contribution in [-0.2, 0) is 9.59 Å². The molecule has 1 unspecified atom stereocenters. The minimum absolute atomic E-state index is 0.138. The van der Waals surface area contributed by atoms with Crippen molar-refractivity contribution in [3.05, 3.63) is 0 Å². The summed E-state index contributed by atoms with van der Waals surface area (Å²) >= 11 is 0. The fourth-order valence-corrected chi connectivity index (χ4v) is 1.96. The van der Waals surface area contributed by atoms with Gasteiger partial charge in [-0.1, -0.05) is 27.7 Å². The summed E-state index contributed by atoms with van der Waals surface area (Å²) in [6.45, 7) is 7.78. The molecule has 2 heteroatoms. The van der Waals surface area contributed by atoms with Gasteiger partial charge in [-0.05, 0) is 12.3 Å². The maximum absolute atomic E-state index is 11.9. The fourth-order valence-electron chi connectivity index (χ4n) is 1.96. The van der Waals surface area contributed by atoms with Crippen LogP contribution in [0.25, 0.3) is 0 Å². The van der Waals surface area contributed by atoms with E-state index >= 15 is 0 Å². The lowest BCUT2D eigenvalue weighted by Crippen LogP contribution is -2.43. The Hall–Kier alpha value is -0.660. The molecule has 13 heavy (non-hydrogen) atoms. The first kappa shape index (κ1) is 10.4. The quantitative estimate of drug-likeness (QED) is 0.583. The molecule has 1 aliphatic rings. The largest absolute Gasteiger partial charge is 0.299 e. The number of hydrogen-bond acceptors (Lipinski definition) is 2. The summed E-state index contributed by atoms with van der Waals surface area (Å²) < 4.78 is 0. The van der Waals surface area contributed by atoms with Gasteiger partial charge < -0.3 is 0 Å². The van der Waals surface area contributed by atoms with Crippen LogP contribution in [0.1, 0.15) is 40.5 Å². The summed E-state index contributed by atoms with van der Waals surface area (Å²) in [6, 6.07) is 0. The first-order valence-electron chi connectivity index (χ1n) is 4.93. The molecular weight excluding hydrogens is 164 g/mol. The molecule has 2 nitrogen and oxygen atoms in total. The van der Waals surface area contributed by atoms with Crippen molar-refractivity contribution in [2.75, 3.05) is 0 Å². The lowest BCUT2D eigenvalue weighted by Gasteiger charge is -2.34. The Kier molecular flexibility index (Phi) is 2.60. The second kappa shape index (κ2) is 3.24. The van der Waals surface area contributed by atoms with Crippen molar-refractivity contribution in [3.63, 3.8) is 0 Å². The third-order valence-electron chi connectivity index (χ3n) is 2.96. The molecule has 0 aromatic carbocycles. The smallest absolute Gasteiger partial charge is 0.149 e. The van der Waals surface area contributed by atoms with Crippen molar-refractivity contribution in [2.45, 2.75) is 40.5 Å². The van der Waals surface area contributed by atoms with Crippen molar-refractivity contribution in [1.82, 2.24) is 0 Å². The molecule has 0 aliphatic heterocycles. The van der Waals surface area contributed by atoms with E-state index in [1.54, 1.807) is 0 Å². The van der Waals surface area contributed by atoms with Crippen molar-refractivity contribution in [1.29, 1.82) is 0 Å². The summed E-state index contributed by atoms with van der Waals surface area (Å²) in [5.41, 5.74) is -0.289. The van der Waals surface area contributed by atoms with E-state index < -0.39 is 0 Å². The first-order chi connectivity index (χ1) is 5.86. The van der Waals surface area contributed by atoms with Crippen LogP contribution in [0.4, 0.5) is 0 Å². The molecule has 0 aromatic rings. The normalized spacial score (nSPS) is 28.2. The Morgan fingerprint density at radius 2 is 1.85 bits per heavy atom. The molecule has 74 valence electrons. The predicted molar refractivity (Wildman–Crippen MR) is 51.4 cm³/mol. The van der Waals surface area contributed by atoms with Crippen LogP contribution in [0, 0.1) is 17.3 Å². The van der Waals surface area contributed by atoms with E-state index in [9.17, 15) is 9.59 Å². The molecule has 1 rings (SSSR count). The molecule has 0 N–H and O–H groups in total. The van der Waals surface area contributed by atoms with E-state index in [2.05, 4.69) is 0 Å². The molecule has 0 radical (unpaired) electrons. The number of carbonyl (C=O) groups excluding carboxylic acids is 2. The van der Waals surface area contributed by atoms with Gasteiger partial charge in [0.15, 0.2) is 0 Å². The Morgan fingerprint density at radius 1 is 1.31 bits per heavy atom. The SMILES string of the molecule is CC(C)C1C(=O)CCC(C)(C)C1=O. The van der Waals surface area contributed by atoms with Crippen molar-refractivity contribution in [3.8, 4) is 0 Å². The Labute approximate surface area is 79.7 Å². The van der Waals surface area contributed by atoms with E-state index in [-0.39, 0.29) is 28.8 Å². The van der Waals surface area contributed by atoms with Gasteiger partial charge in [-0.25, -0.2) is 0 Å². The third-order valence-corrected chi connectivity index (χ3v) is 2.96. The van der Waals surface area contributed by atoms with E-state index in [4.69, 9.17) is 0 Å². The highest BCUT2D eigenvalue weighted by atomic mass is 16.2. The Balaban J connectivity index is 2.92. The zero-order chi connectivity index (χ0) is 10.2. The Morgan fingerprint density at radius 3 is 2.23 bits per heavy atom. The van der Waals surface area contributed by atoms with Gasteiger partial charge in [0.2, 0.25) is 0 Å². The zero-order valence-electron chi connectivity index (χ0n) is 8.89. The third kappa shape index (κ3) is 1.82. The number of Topliss-reactive ketones (excluding diaryl/α,β-unsaturated/α-hetero) is 2. The maximum atomic E-state index is 11.9. The van der Waals surface area contributed by atoms with Crippen LogP contribution in [0.15, 0.2) is 0 Å². The summed E-state index contributed by atoms with van der Waals surface area (Å²) in [7, 11) is 0. The van der Waals surface area contributed by atoms with Gasteiger partial charge in [-0.3, -0.25) is 9.59 Å². The highest BCUT2D eigenvalue weighted by Gasteiger charge is 2.43. The second-order valence-electron chi connectivity index (χ2n) is 4.94. The Bertz CT molecular complexity index is 238. The first-order valence-corrected chi connectivity index (χ1v) is 4.93. The van der Waals surface area contributed by atoms with Gasteiger partial charge >= 0.3 is 0 Å². The predicted octanol–water partition coefficient (Wildman–Crippen LogP) is 2.22. The molecule has 0 spiro atoms. The molecule has 0 saturated heterocycles. The van der Waals surface area contributed by atoms with E-state index in [1.807, 2.05) is 27.7 Å². The van der Waals surface area contributed by atoms with Gasteiger partial charge in [-0.15, -0.1) is 0 Å². The minimum Gasteiger partial charge on any atom is -0.299 e. The van der Waals surface area contributed by atoms with Gasteiger partial charge in [0, 0.05) is 11.8 Å². The highest BCUT2D eigenvalue weighted by molar-refractivity contribution is 6.07. The standard InChI is InChI=1S/C11H18O2/c1-7(2)9-8(12)5-6-11(3,4)10(9)13/h7,9H,5-6H2,1-4H3. The molecule has 1 aliphatic carbocycles. The van der Waals surface area contributed by atoms with Crippen molar-refractivity contribution >= 4 is 11.6 Å². The number of carbonyl (C=O) groups is 2. The molecule has 1 saturated carbocycles. The van der Waals surface area contributed by atoms with Crippen LogP contribution in [0.3, 0.4) is 0 Å². The van der Waals surface area contributed by atoms with Crippen LogP contribution in [0.2, 0.25) is 0 Å². The monoisotopic (exact) mass is 182 g/mol. The lowest BCUT2D eigenvalue weighted by molar-refractivity contribution is -0.144. The highest BCUT2D eigenvalue weighted by Crippen LogP contribution is 2.36. The van der Waals surface area contributed by atoms with E-state index in [0.29, 0.717) is 12.8 Å². The zero-order valence-corrected chi connectivity index (χ0v) is 8.89. The maximum Gasteiger partial charge on any atom is 0.149 e. The molecule has 1 fully saturated rings. The van der Waals surface area contributed by atoms with Gasteiger partial charge in [0.1, 0.15) is 11.6 Å². The molecule has 0 amide bonds. The van der Waals surface area contributed by atoms with E-state index in [0.717, 1.165) is 0 Å². The molecule has 0 aromatic heterocycles. The number of ketones is 2. The van der Waals surface area contributed by atoms with Gasteiger partial charge in [0.25, 0.3) is 0 Å². The summed E-state index contributed by atoms with van der Waals surface area (Å²) in [6.07, 6.45) is 1.29. The van der Waals surface area contributed by atoms with Crippen LogP contribution < -0.4 is 0 Å². The average molecular weight is 182 g/mol. The van der Waals surface area contributed by atoms with Gasteiger partial charge in [-0.2, -0.15) is 0 Å². The van der Waals surface area contributed by atoms with Crippen LogP contribution in [-0.4, -0.2) is 11.6 Å². The minimum atomic E-state index is -0.344. The molecule has 0 heterocycles.